The van der Waals surface area contributed by atoms with E-state index >= 15 is 0 Å². The van der Waals surface area contributed by atoms with Gasteiger partial charge in [0.25, 0.3) is 5.56 Å². The van der Waals surface area contributed by atoms with Crippen LogP contribution in [0.3, 0.4) is 0 Å². The Balaban J connectivity index is 1.46. The van der Waals surface area contributed by atoms with Gasteiger partial charge in [-0.2, -0.15) is 0 Å². The summed E-state index contributed by atoms with van der Waals surface area (Å²) in [7, 11) is 1.52. The average Bonchev–Trinajstić information content (AvgIpc) is 2.78. The molecule has 7 heteroatoms. The second-order valence-electron chi connectivity index (χ2n) is 7.61. The van der Waals surface area contributed by atoms with Gasteiger partial charge in [-0.05, 0) is 69.6 Å². The number of likely N-dealkylation sites (tertiary alicyclic amines) is 1. The van der Waals surface area contributed by atoms with E-state index in [9.17, 15) is 4.79 Å². The van der Waals surface area contributed by atoms with Crippen LogP contribution >= 0.6 is 0 Å². The van der Waals surface area contributed by atoms with E-state index in [4.69, 9.17) is 9.47 Å². The van der Waals surface area contributed by atoms with Crippen LogP contribution in [0.25, 0.3) is 16.6 Å². The number of hydrogen-bond acceptors (Lipinski definition) is 6. The van der Waals surface area contributed by atoms with E-state index in [1.165, 1.54) is 39.5 Å². The molecule has 158 valence electrons. The fourth-order valence-electron chi connectivity index (χ4n) is 4.00. The molecule has 0 spiro atoms. The highest BCUT2D eigenvalue weighted by Gasteiger charge is 2.14. The van der Waals surface area contributed by atoms with Gasteiger partial charge in [-0.1, -0.05) is 6.42 Å². The van der Waals surface area contributed by atoms with Gasteiger partial charge in [-0.3, -0.25) is 9.36 Å². The second kappa shape index (κ2) is 9.26. The van der Waals surface area contributed by atoms with Gasteiger partial charge in [0.05, 0.1) is 24.8 Å². The van der Waals surface area contributed by atoms with Crippen LogP contribution in [0, 0.1) is 6.92 Å². The second-order valence-corrected chi connectivity index (χ2v) is 7.61. The van der Waals surface area contributed by atoms with Crippen molar-refractivity contribution in [3.63, 3.8) is 0 Å². The smallest absolute Gasteiger partial charge is 0.266 e. The monoisotopic (exact) mass is 408 g/mol. The molecule has 30 heavy (non-hydrogen) atoms. The van der Waals surface area contributed by atoms with Crippen molar-refractivity contribution >= 4 is 10.9 Å². The lowest BCUT2D eigenvalue weighted by Gasteiger charge is -2.26. The molecule has 0 aliphatic carbocycles. The van der Waals surface area contributed by atoms with E-state index in [1.54, 1.807) is 23.8 Å². The predicted octanol–water partition coefficient (Wildman–Crippen LogP) is 3.35. The summed E-state index contributed by atoms with van der Waals surface area (Å²) in [6, 6.07) is 9.25. The Bertz CT molecular complexity index is 1060. The number of ether oxygens (including phenoxy) is 2. The maximum Gasteiger partial charge on any atom is 0.266 e. The number of benzene rings is 1. The number of methoxy groups -OCH3 is 1. The number of pyridine rings is 1. The first kappa shape index (κ1) is 20.3. The highest BCUT2D eigenvalue weighted by Crippen LogP contribution is 2.21. The van der Waals surface area contributed by atoms with Crippen LogP contribution in [0.4, 0.5) is 0 Å². The molecule has 0 saturated carbocycles. The van der Waals surface area contributed by atoms with Gasteiger partial charge in [0.2, 0.25) is 5.88 Å². The SMILES string of the molecule is COc1nccc2c(=O)n(-c3ccc(OCCCN4CCCCC4)cc3)c(C)nc12. The molecule has 0 unspecified atom stereocenters. The van der Waals surface area contributed by atoms with Crippen LogP contribution in [0.2, 0.25) is 0 Å². The molecule has 1 aromatic carbocycles. The maximum absolute atomic E-state index is 13.1. The van der Waals surface area contributed by atoms with Crippen molar-refractivity contribution in [2.45, 2.75) is 32.6 Å². The van der Waals surface area contributed by atoms with Gasteiger partial charge in [0.15, 0.2) is 0 Å². The third-order valence-electron chi connectivity index (χ3n) is 5.55. The zero-order chi connectivity index (χ0) is 20.9. The Kier molecular flexibility index (Phi) is 6.28. The zero-order valence-corrected chi connectivity index (χ0v) is 17.6. The number of hydrogen-bond donors (Lipinski definition) is 0. The average molecular weight is 409 g/mol. The molecule has 0 bridgehead atoms. The van der Waals surface area contributed by atoms with E-state index in [-0.39, 0.29) is 5.56 Å². The number of fused-ring (bicyclic) bond motifs is 1. The lowest BCUT2D eigenvalue weighted by molar-refractivity contribution is 0.205. The number of nitrogens with zero attached hydrogens (tertiary/aromatic N) is 4. The summed E-state index contributed by atoms with van der Waals surface area (Å²) < 4.78 is 12.7. The van der Waals surface area contributed by atoms with Gasteiger partial charge >= 0.3 is 0 Å². The highest BCUT2D eigenvalue weighted by molar-refractivity contribution is 5.82. The minimum Gasteiger partial charge on any atom is -0.494 e. The van der Waals surface area contributed by atoms with Gasteiger partial charge in [0.1, 0.15) is 17.1 Å². The molecule has 3 heterocycles. The topological polar surface area (TPSA) is 69.5 Å². The minimum absolute atomic E-state index is 0.145. The molecule has 1 aliphatic heterocycles. The van der Waals surface area contributed by atoms with Crippen molar-refractivity contribution in [2.75, 3.05) is 33.4 Å². The van der Waals surface area contributed by atoms with E-state index in [0.717, 1.165) is 24.4 Å². The first-order chi connectivity index (χ1) is 14.7. The number of rotatable bonds is 7. The minimum atomic E-state index is -0.145. The van der Waals surface area contributed by atoms with Crippen molar-refractivity contribution in [3.8, 4) is 17.3 Å². The summed E-state index contributed by atoms with van der Waals surface area (Å²) in [5.74, 6) is 1.74. The van der Waals surface area contributed by atoms with Crippen LogP contribution < -0.4 is 15.0 Å². The Morgan fingerprint density at radius 1 is 1.07 bits per heavy atom. The molecule has 0 atom stereocenters. The summed E-state index contributed by atoms with van der Waals surface area (Å²) in [6.45, 7) is 6.01. The third kappa shape index (κ3) is 4.31. The fourth-order valence-corrected chi connectivity index (χ4v) is 4.00. The number of piperidine rings is 1. The lowest BCUT2D eigenvalue weighted by atomic mass is 10.1. The highest BCUT2D eigenvalue weighted by atomic mass is 16.5. The Hall–Kier alpha value is -2.93. The zero-order valence-electron chi connectivity index (χ0n) is 17.6. The van der Waals surface area contributed by atoms with Gasteiger partial charge < -0.3 is 14.4 Å². The van der Waals surface area contributed by atoms with Crippen molar-refractivity contribution in [3.05, 3.63) is 52.7 Å². The van der Waals surface area contributed by atoms with E-state index in [1.807, 2.05) is 24.3 Å². The van der Waals surface area contributed by atoms with Crippen LogP contribution in [0.1, 0.15) is 31.5 Å². The van der Waals surface area contributed by atoms with Gasteiger partial charge in [0, 0.05) is 12.7 Å². The summed E-state index contributed by atoms with van der Waals surface area (Å²) in [6.07, 6.45) is 6.57. The molecular weight excluding hydrogens is 380 g/mol. The summed E-state index contributed by atoms with van der Waals surface area (Å²) in [5.41, 5.74) is 1.09. The molecule has 0 radical (unpaired) electrons. The largest absolute Gasteiger partial charge is 0.494 e. The predicted molar refractivity (Wildman–Crippen MR) is 117 cm³/mol. The molecule has 1 saturated heterocycles. The molecular formula is C23H28N4O3. The van der Waals surface area contributed by atoms with E-state index < -0.39 is 0 Å². The molecule has 0 N–H and O–H groups in total. The summed E-state index contributed by atoms with van der Waals surface area (Å²) in [5, 5.41) is 0.477. The molecule has 1 fully saturated rings. The standard InChI is InChI=1S/C23H28N4O3/c1-17-25-21-20(11-12-24-22(21)29-2)23(28)27(17)18-7-9-19(10-8-18)30-16-6-15-26-13-4-3-5-14-26/h7-12H,3-6,13-16H2,1-2H3. The Morgan fingerprint density at radius 3 is 2.57 bits per heavy atom. The van der Waals surface area contributed by atoms with Crippen LogP contribution in [0.15, 0.2) is 41.3 Å². The first-order valence-electron chi connectivity index (χ1n) is 10.6. The molecule has 3 aromatic rings. The summed E-state index contributed by atoms with van der Waals surface area (Å²) >= 11 is 0. The molecule has 4 rings (SSSR count). The molecule has 1 aliphatic rings. The van der Waals surface area contributed by atoms with Crippen molar-refractivity contribution in [2.24, 2.45) is 0 Å². The first-order valence-corrected chi connectivity index (χ1v) is 10.6. The Morgan fingerprint density at radius 2 is 1.83 bits per heavy atom. The van der Waals surface area contributed by atoms with Gasteiger partial charge in [-0.15, -0.1) is 0 Å². The van der Waals surface area contributed by atoms with Crippen molar-refractivity contribution in [1.82, 2.24) is 19.4 Å². The van der Waals surface area contributed by atoms with Gasteiger partial charge in [-0.25, -0.2) is 9.97 Å². The fraction of sp³-hybridized carbons (Fsp3) is 0.435. The number of aryl methyl sites for hydroxylation is 1. The number of aromatic nitrogens is 3. The van der Waals surface area contributed by atoms with E-state index in [2.05, 4.69) is 14.9 Å². The lowest BCUT2D eigenvalue weighted by Crippen LogP contribution is -2.31. The van der Waals surface area contributed by atoms with E-state index in [0.29, 0.717) is 29.2 Å². The van der Waals surface area contributed by atoms with Crippen molar-refractivity contribution < 1.29 is 9.47 Å². The van der Waals surface area contributed by atoms with Crippen LogP contribution in [-0.4, -0.2) is 52.8 Å². The Labute approximate surface area is 176 Å². The molecule has 2 aromatic heterocycles. The third-order valence-corrected chi connectivity index (χ3v) is 5.55. The van der Waals surface area contributed by atoms with Crippen LogP contribution in [0.5, 0.6) is 11.6 Å². The van der Waals surface area contributed by atoms with Crippen LogP contribution in [-0.2, 0) is 0 Å². The maximum atomic E-state index is 13.1. The van der Waals surface area contributed by atoms with Crippen molar-refractivity contribution in [1.29, 1.82) is 0 Å². The summed E-state index contributed by atoms with van der Waals surface area (Å²) in [4.78, 5) is 24.3. The normalized spacial score (nSPS) is 14.7. The molecule has 0 amide bonds. The molecule has 7 nitrogen and oxygen atoms in total. The quantitative estimate of drug-likeness (QED) is 0.559.